The highest BCUT2D eigenvalue weighted by Gasteiger charge is 2.33. The molecule has 2 amide bonds. The van der Waals surface area contributed by atoms with Crippen molar-refractivity contribution in [3.63, 3.8) is 0 Å². The molecule has 0 unspecified atom stereocenters. The third-order valence-corrected chi connectivity index (χ3v) is 5.41. The maximum atomic E-state index is 12.4. The number of carbonyl (C=O) groups is 3. The molecular formula is C20H26N2O4. The van der Waals surface area contributed by atoms with Crippen LogP contribution in [0.15, 0.2) is 24.3 Å². The monoisotopic (exact) mass is 358 g/mol. The van der Waals surface area contributed by atoms with Gasteiger partial charge in [-0.15, -0.1) is 0 Å². The van der Waals surface area contributed by atoms with Crippen molar-refractivity contribution in [1.29, 1.82) is 0 Å². The second-order valence-corrected chi connectivity index (χ2v) is 7.27. The van der Waals surface area contributed by atoms with Crippen LogP contribution in [0.25, 0.3) is 0 Å². The fourth-order valence-corrected chi connectivity index (χ4v) is 4.02. The lowest BCUT2D eigenvalue weighted by Gasteiger charge is -2.41. The van der Waals surface area contributed by atoms with Gasteiger partial charge in [0.15, 0.2) is 6.61 Å². The smallest absolute Gasteiger partial charge is 0.338 e. The van der Waals surface area contributed by atoms with Gasteiger partial charge < -0.3 is 15.0 Å². The first-order valence-electron chi connectivity index (χ1n) is 9.35. The number of hydrogen-bond acceptors (Lipinski definition) is 4. The summed E-state index contributed by atoms with van der Waals surface area (Å²) in [6.45, 7) is 2.77. The molecule has 26 heavy (non-hydrogen) atoms. The maximum Gasteiger partial charge on any atom is 0.338 e. The molecule has 3 rings (SSSR count). The Balaban J connectivity index is 1.48. The molecule has 1 aromatic carbocycles. The lowest BCUT2D eigenvalue weighted by atomic mass is 9.75. The number of likely N-dealkylation sites (tertiary alicyclic amines) is 1. The molecule has 2 aliphatic rings. The van der Waals surface area contributed by atoms with E-state index >= 15 is 0 Å². The molecule has 140 valence electrons. The fourth-order valence-electron chi connectivity index (χ4n) is 4.02. The number of ether oxygens (including phenoxy) is 1. The van der Waals surface area contributed by atoms with Crippen molar-refractivity contribution < 1.29 is 19.1 Å². The van der Waals surface area contributed by atoms with Gasteiger partial charge in [-0.25, -0.2) is 4.79 Å². The van der Waals surface area contributed by atoms with Gasteiger partial charge in [0.25, 0.3) is 5.91 Å². The Morgan fingerprint density at radius 3 is 2.46 bits per heavy atom. The number of anilines is 1. The normalized spacial score (nSPS) is 22.3. The Bertz CT molecular complexity index is 671. The van der Waals surface area contributed by atoms with E-state index in [0.717, 1.165) is 25.4 Å². The third kappa shape index (κ3) is 4.62. The Morgan fingerprint density at radius 1 is 1.08 bits per heavy atom. The van der Waals surface area contributed by atoms with Crippen LogP contribution in [0.5, 0.6) is 0 Å². The average Bonchev–Trinajstić information content (AvgIpc) is 2.65. The largest absolute Gasteiger partial charge is 0.452 e. The molecule has 1 N–H and O–H groups in total. The fraction of sp³-hybridized carbons (Fsp3) is 0.550. The molecule has 0 bridgehead atoms. The number of nitrogens with zero attached hydrogens (tertiary/aromatic N) is 1. The van der Waals surface area contributed by atoms with E-state index in [0.29, 0.717) is 17.2 Å². The first-order valence-corrected chi connectivity index (χ1v) is 9.35. The first kappa shape index (κ1) is 18.4. The van der Waals surface area contributed by atoms with Crippen molar-refractivity contribution in [1.82, 2.24) is 4.90 Å². The van der Waals surface area contributed by atoms with Crippen LogP contribution >= 0.6 is 0 Å². The molecular weight excluding hydrogens is 332 g/mol. The van der Waals surface area contributed by atoms with Gasteiger partial charge in [0, 0.05) is 25.7 Å². The molecule has 2 fully saturated rings. The van der Waals surface area contributed by atoms with Gasteiger partial charge in [-0.05, 0) is 48.9 Å². The van der Waals surface area contributed by atoms with Crippen LogP contribution in [0.2, 0.25) is 0 Å². The summed E-state index contributed by atoms with van der Waals surface area (Å²) in [4.78, 5) is 37.3. The zero-order valence-electron chi connectivity index (χ0n) is 15.2. The average molecular weight is 358 g/mol. The molecule has 0 spiro atoms. The Kier molecular flexibility index (Phi) is 5.91. The number of fused-ring (bicyclic) bond motifs is 1. The lowest BCUT2D eigenvalue weighted by molar-refractivity contribution is -0.137. The number of piperidine rings is 1. The van der Waals surface area contributed by atoms with E-state index < -0.39 is 5.97 Å². The summed E-state index contributed by atoms with van der Waals surface area (Å²) in [6.07, 6.45) is 6.13. The highest BCUT2D eigenvalue weighted by atomic mass is 16.5. The molecule has 2 atom stereocenters. The second kappa shape index (κ2) is 8.34. The van der Waals surface area contributed by atoms with Crippen LogP contribution in [-0.2, 0) is 14.3 Å². The van der Waals surface area contributed by atoms with E-state index in [1.807, 2.05) is 4.90 Å². The van der Waals surface area contributed by atoms with Gasteiger partial charge in [0.2, 0.25) is 5.91 Å². The molecule has 1 heterocycles. The molecule has 1 saturated carbocycles. The van der Waals surface area contributed by atoms with E-state index in [9.17, 15) is 14.4 Å². The summed E-state index contributed by atoms with van der Waals surface area (Å²) in [6, 6.07) is 6.42. The number of rotatable bonds is 4. The quantitative estimate of drug-likeness (QED) is 0.840. The number of hydrogen-bond donors (Lipinski definition) is 1. The van der Waals surface area contributed by atoms with Crippen LogP contribution in [0, 0.1) is 11.8 Å². The zero-order chi connectivity index (χ0) is 18.5. The molecule has 1 saturated heterocycles. The molecule has 1 aromatic rings. The van der Waals surface area contributed by atoms with E-state index in [-0.39, 0.29) is 18.4 Å². The van der Waals surface area contributed by atoms with Gasteiger partial charge in [-0.1, -0.05) is 19.3 Å². The lowest BCUT2D eigenvalue weighted by Crippen LogP contribution is -2.46. The summed E-state index contributed by atoms with van der Waals surface area (Å²) in [7, 11) is 0. The number of amides is 2. The summed E-state index contributed by atoms with van der Waals surface area (Å²) in [5.74, 6) is 0.557. The second-order valence-electron chi connectivity index (χ2n) is 7.27. The molecule has 0 radical (unpaired) electrons. The van der Waals surface area contributed by atoms with Gasteiger partial charge in [-0.2, -0.15) is 0 Å². The van der Waals surface area contributed by atoms with Crippen molar-refractivity contribution in [3.8, 4) is 0 Å². The SMILES string of the molecule is CC(=O)Nc1ccc(C(=O)OCC(=O)N2CC[C@H]3CCCC[C@H]3C2)cc1. The number of nitrogens with one attached hydrogen (secondary N) is 1. The zero-order valence-corrected chi connectivity index (χ0v) is 15.2. The molecule has 6 heteroatoms. The standard InChI is InChI=1S/C20H26N2O4/c1-14(23)21-18-8-6-16(7-9-18)20(25)26-13-19(24)22-11-10-15-4-2-3-5-17(15)12-22/h6-9,15,17H,2-5,10-13H2,1H3,(H,21,23)/t15-,17+/m1/s1. The summed E-state index contributed by atoms with van der Waals surface area (Å²) in [5.41, 5.74) is 0.971. The van der Waals surface area contributed by atoms with Crippen LogP contribution in [0.4, 0.5) is 5.69 Å². The molecule has 1 aliphatic heterocycles. The van der Waals surface area contributed by atoms with Crippen molar-refractivity contribution in [2.45, 2.75) is 39.0 Å². The van der Waals surface area contributed by atoms with Gasteiger partial charge in [0.05, 0.1) is 5.56 Å². The minimum absolute atomic E-state index is 0.114. The minimum Gasteiger partial charge on any atom is -0.452 e. The van der Waals surface area contributed by atoms with E-state index in [2.05, 4.69) is 5.32 Å². The Hall–Kier alpha value is -2.37. The summed E-state index contributed by atoms with van der Waals surface area (Å²) >= 11 is 0. The number of benzene rings is 1. The van der Waals surface area contributed by atoms with Gasteiger partial charge in [-0.3, -0.25) is 9.59 Å². The van der Waals surface area contributed by atoms with E-state index in [1.54, 1.807) is 24.3 Å². The topological polar surface area (TPSA) is 75.7 Å². The highest BCUT2D eigenvalue weighted by molar-refractivity contribution is 5.93. The van der Waals surface area contributed by atoms with Crippen LogP contribution in [0.3, 0.4) is 0 Å². The first-order chi connectivity index (χ1) is 12.5. The van der Waals surface area contributed by atoms with Crippen LogP contribution in [0.1, 0.15) is 49.4 Å². The van der Waals surface area contributed by atoms with Crippen molar-refractivity contribution in [2.75, 3.05) is 25.0 Å². The number of esters is 1. The summed E-state index contributed by atoms with van der Waals surface area (Å²) < 4.78 is 5.18. The maximum absolute atomic E-state index is 12.4. The predicted octanol–water partition coefficient (Wildman–Crippen LogP) is 2.84. The predicted molar refractivity (Wildman–Crippen MR) is 97.7 cm³/mol. The van der Waals surface area contributed by atoms with E-state index in [4.69, 9.17) is 4.74 Å². The molecule has 1 aliphatic carbocycles. The van der Waals surface area contributed by atoms with Crippen LogP contribution < -0.4 is 5.32 Å². The van der Waals surface area contributed by atoms with Crippen molar-refractivity contribution >= 4 is 23.5 Å². The van der Waals surface area contributed by atoms with Crippen molar-refractivity contribution in [3.05, 3.63) is 29.8 Å². The molecule has 0 aromatic heterocycles. The van der Waals surface area contributed by atoms with Gasteiger partial charge >= 0.3 is 5.97 Å². The van der Waals surface area contributed by atoms with Crippen LogP contribution in [-0.4, -0.2) is 42.4 Å². The van der Waals surface area contributed by atoms with Gasteiger partial charge in [0.1, 0.15) is 0 Å². The Labute approximate surface area is 153 Å². The van der Waals surface area contributed by atoms with Crippen molar-refractivity contribution in [2.24, 2.45) is 11.8 Å². The third-order valence-electron chi connectivity index (χ3n) is 5.41. The van der Waals surface area contributed by atoms with E-state index in [1.165, 1.54) is 32.6 Å². The summed E-state index contributed by atoms with van der Waals surface area (Å²) in [5, 5.41) is 2.64. The minimum atomic E-state index is -0.528. The highest BCUT2D eigenvalue weighted by Crippen LogP contribution is 2.36. The number of carbonyl (C=O) groups excluding carboxylic acids is 3. The Morgan fingerprint density at radius 2 is 1.77 bits per heavy atom. The molecule has 6 nitrogen and oxygen atoms in total.